The number of unbranched alkanes of at least 4 members (excludes halogenated alkanes) is 2. The van der Waals surface area contributed by atoms with Gasteiger partial charge in [0.25, 0.3) is 5.91 Å². The molecule has 3 rings (SSSR count). The number of furan rings is 1. The highest BCUT2D eigenvalue weighted by molar-refractivity contribution is 7.89. The first kappa shape index (κ1) is 21.4. The Kier molecular flexibility index (Phi) is 6.97. The third kappa shape index (κ3) is 5.19. The van der Waals surface area contributed by atoms with Gasteiger partial charge in [0.1, 0.15) is 11.5 Å². The molecule has 0 N–H and O–H groups in total. The van der Waals surface area contributed by atoms with Crippen LogP contribution in [-0.4, -0.2) is 56.3 Å². The number of ether oxygens (including phenoxy) is 1. The molecular formula is C21H28N2O5S. The maximum absolute atomic E-state index is 12.9. The molecule has 1 aromatic carbocycles. The number of carbonyl (C=O) groups is 1. The van der Waals surface area contributed by atoms with E-state index in [9.17, 15) is 13.2 Å². The molecule has 0 bridgehead atoms. The minimum absolute atomic E-state index is 0.209. The van der Waals surface area contributed by atoms with Crippen LogP contribution in [0.25, 0.3) is 0 Å². The van der Waals surface area contributed by atoms with Gasteiger partial charge < -0.3 is 14.1 Å². The number of hydrogen-bond acceptors (Lipinski definition) is 5. The topological polar surface area (TPSA) is 80.1 Å². The van der Waals surface area contributed by atoms with E-state index in [0.29, 0.717) is 31.2 Å². The molecular weight excluding hydrogens is 392 g/mol. The lowest BCUT2D eigenvalue weighted by atomic mass is 10.3. The Morgan fingerprint density at radius 1 is 1.03 bits per heavy atom. The van der Waals surface area contributed by atoms with Crippen molar-refractivity contribution in [1.29, 1.82) is 0 Å². The van der Waals surface area contributed by atoms with Crippen LogP contribution in [0.4, 0.5) is 0 Å². The Balaban J connectivity index is 1.57. The van der Waals surface area contributed by atoms with Crippen LogP contribution in [0.3, 0.4) is 0 Å². The van der Waals surface area contributed by atoms with Gasteiger partial charge in [0.2, 0.25) is 10.0 Å². The van der Waals surface area contributed by atoms with E-state index in [-0.39, 0.29) is 29.7 Å². The smallest absolute Gasteiger partial charge is 0.289 e. The average molecular weight is 421 g/mol. The molecule has 0 unspecified atom stereocenters. The van der Waals surface area contributed by atoms with E-state index in [2.05, 4.69) is 6.92 Å². The first-order valence-electron chi connectivity index (χ1n) is 10.0. The molecule has 7 nitrogen and oxygen atoms in total. The fraction of sp³-hybridized carbons (Fsp3) is 0.476. The summed E-state index contributed by atoms with van der Waals surface area (Å²) < 4.78 is 38.3. The molecule has 0 atom stereocenters. The maximum atomic E-state index is 12.9. The van der Waals surface area contributed by atoms with E-state index in [0.717, 1.165) is 19.3 Å². The molecule has 158 valence electrons. The van der Waals surface area contributed by atoms with Crippen LogP contribution in [0.1, 0.15) is 42.5 Å². The number of piperazine rings is 1. The number of nitrogens with zero attached hydrogens (tertiary/aromatic N) is 2. The number of rotatable bonds is 8. The summed E-state index contributed by atoms with van der Waals surface area (Å²) in [5.74, 6) is 1.42. The summed E-state index contributed by atoms with van der Waals surface area (Å²) in [6.07, 6.45) is 3.22. The van der Waals surface area contributed by atoms with E-state index in [4.69, 9.17) is 9.15 Å². The molecule has 8 heteroatoms. The molecule has 29 heavy (non-hydrogen) atoms. The quantitative estimate of drug-likeness (QED) is 0.612. The van der Waals surface area contributed by atoms with E-state index in [1.807, 2.05) is 0 Å². The fourth-order valence-corrected chi connectivity index (χ4v) is 4.66. The molecule has 0 spiro atoms. The molecule has 0 saturated carbocycles. The van der Waals surface area contributed by atoms with Crippen molar-refractivity contribution in [2.24, 2.45) is 0 Å². The molecule has 1 aliphatic rings. The molecule has 2 heterocycles. The van der Waals surface area contributed by atoms with Gasteiger partial charge in [0, 0.05) is 26.2 Å². The number of sulfonamides is 1. The lowest BCUT2D eigenvalue weighted by molar-refractivity contribution is 0.0664. The summed E-state index contributed by atoms with van der Waals surface area (Å²) in [6.45, 7) is 5.71. The summed E-state index contributed by atoms with van der Waals surface area (Å²) in [5.41, 5.74) is 0. The highest BCUT2D eigenvalue weighted by atomic mass is 32.2. The highest BCUT2D eigenvalue weighted by Gasteiger charge is 2.31. The van der Waals surface area contributed by atoms with Crippen LogP contribution in [0.15, 0.2) is 45.7 Å². The van der Waals surface area contributed by atoms with Gasteiger partial charge in [0.05, 0.1) is 11.5 Å². The maximum Gasteiger partial charge on any atom is 0.289 e. The summed E-state index contributed by atoms with van der Waals surface area (Å²) in [7, 11) is -3.60. The zero-order valence-electron chi connectivity index (χ0n) is 17.0. The van der Waals surface area contributed by atoms with Crippen molar-refractivity contribution < 1.29 is 22.4 Å². The number of carbonyl (C=O) groups excluding carboxylic acids is 1. The first-order chi connectivity index (χ1) is 13.9. The van der Waals surface area contributed by atoms with Gasteiger partial charge in [-0.3, -0.25) is 4.79 Å². The third-order valence-corrected chi connectivity index (χ3v) is 6.87. The van der Waals surface area contributed by atoms with Crippen molar-refractivity contribution in [3.05, 3.63) is 47.9 Å². The Morgan fingerprint density at radius 2 is 1.72 bits per heavy atom. The SMILES string of the molecule is CCCCCOc1ccc(S(=O)(=O)N2CCN(C(=O)c3ccc(C)o3)CC2)cc1. The summed E-state index contributed by atoms with van der Waals surface area (Å²) >= 11 is 0. The number of benzene rings is 1. The normalized spacial score (nSPS) is 15.4. The average Bonchev–Trinajstić information content (AvgIpc) is 3.17. The van der Waals surface area contributed by atoms with Gasteiger partial charge in [-0.2, -0.15) is 4.31 Å². The van der Waals surface area contributed by atoms with E-state index >= 15 is 0 Å². The Hall–Kier alpha value is -2.32. The summed E-state index contributed by atoms with van der Waals surface area (Å²) in [5, 5.41) is 0. The van der Waals surface area contributed by atoms with Gasteiger partial charge in [-0.15, -0.1) is 0 Å². The Bertz CT molecular complexity index is 913. The van der Waals surface area contributed by atoms with Crippen molar-refractivity contribution in [1.82, 2.24) is 9.21 Å². The molecule has 1 aromatic heterocycles. The van der Waals surface area contributed by atoms with Crippen molar-refractivity contribution >= 4 is 15.9 Å². The molecule has 1 aliphatic heterocycles. The van der Waals surface area contributed by atoms with Crippen molar-refractivity contribution in [2.75, 3.05) is 32.8 Å². The molecule has 1 amide bonds. The monoisotopic (exact) mass is 420 g/mol. The lowest BCUT2D eigenvalue weighted by Gasteiger charge is -2.33. The van der Waals surface area contributed by atoms with Gasteiger partial charge in [-0.05, 0) is 49.7 Å². The lowest BCUT2D eigenvalue weighted by Crippen LogP contribution is -2.50. The van der Waals surface area contributed by atoms with E-state index in [1.165, 1.54) is 4.31 Å². The fourth-order valence-electron chi connectivity index (χ4n) is 3.24. The van der Waals surface area contributed by atoms with Gasteiger partial charge in [-0.25, -0.2) is 8.42 Å². The largest absolute Gasteiger partial charge is 0.494 e. The third-order valence-electron chi connectivity index (χ3n) is 4.96. The van der Waals surface area contributed by atoms with Gasteiger partial charge in [0.15, 0.2) is 5.76 Å². The summed E-state index contributed by atoms with van der Waals surface area (Å²) in [6, 6.07) is 9.93. The minimum Gasteiger partial charge on any atom is -0.494 e. The highest BCUT2D eigenvalue weighted by Crippen LogP contribution is 2.22. The van der Waals surface area contributed by atoms with Crippen LogP contribution in [0.2, 0.25) is 0 Å². The van der Waals surface area contributed by atoms with Crippen LogP contribution >= 0.6 is 0 Å². The first-order valence-corrected chi connectivity index (χ1v) is 11.4. The second-order valence-electron chi connectivity index (χ2n) is 7.13. The predicted molar refractivity (Wildman–Crippen MR) is 110 cm³/mol. The Morgan fingerprint density at radius 3 is 2.31 bits per heavy atom. The van der Waals surface area contributed by atoms with Crippen molar-refractivity contribution in [2.45, 2.75) is 38.0 Å². The van der Waals surface area contributed by atoms with Gasteiger partial charge in [-0.1, -0.05) is 19.8 Å². The molecule has 0 aliphatic carbocycles. The minimum atomic E-state index is -3.60. The van der Waals surface area contributed by atoms with Crippen LogP contribution in [0, 0.1) is 6.92 Å². The zero-order chi connectivity index (χ0) is 20.9. The standard InChI is InChI=1S/C21H28N2O5S/c1-3-4-5-16-27-18-7-9-19(10-8-18)29(25,26)23-14-12-22(13-15-23)21(24)20-11-6-17(2)28-20/h6-11H,3-5,12-16H2,1-2H3. The molecule has 2 aromatic rings. The zero-order valence-corrected chi connectivity index (χ0v) is 17.8. The number of hydrogen-bond donors (Lipinski definition) is 0. The molecule has 1 saturated heterocycles. The number of amides is 1. The van der Waals surface area contributed by atoms with Crippen LogP contribution < -0.4 is 4.74 Å². The van der Waals surface area contributed by atoms with E-state index in [1.54, 1.807) is 48.2 Å². The second kappa shape index (κ2) is 9.45. The number of aryl methyl sites for hydroxylation is 1. The second-order valence-corrected chi connectivity index (χ2v) is 9.07. The molecule has 0 radical (unpaired) electrons. The van der Waals surface area contributed by atoms with Crippen LogP contribution in [0.5, 0.6) is 5.75 Å². The Labute approximate surface area is 172 Å². The van der Waals surface area contributed by atoms with Crippen LogP contribution in [-0.2, 0) is 10.0 Å². The van der Waals surface area contributed by atoms with Crippen molar-refractivity contribution in [3.8, 4) is 5.75 Å². The predicted octanol–water partition coefficient (Wildman–Crippen LogP) is 3.30. The van der Waals surface area contributed by atoms with Gasteiger partial charge >= 0.3 is 0 Å². The molecule has 1 fully saturated rings. The van der Waals surface area contributed by atoms with Crippen molar-refractivity contribution in [3.63, 3.8) is 0 Å². The summed E-state index contributed by atoms with van der Waals surface area (Å²) in [4.78, 5) is 14.3. The van der Waals surface area contributed by atoms with E-state index < -0.39 is 10.0 Å².